The molecule has 0 fully saturated rings. The monoisotopic (exact) mass is 180 g/mol. The SMILES string of the molecule is CC(=S)NNCc1ccccc1. The highest BCUT2D eigenvalue weighted by Crippen LogP contribution is 1.95. The molecule has 0 aliphatic rings. The summed E-state index contributed by atoms with van der Waals surface area (Å²) in [6, 6.07) is 10.2. The van der Waals surface area contributed by atoms with Gasteiger partial charge in [0.1, 0.15) is 0 Å². The second-order valence-electron chi connectivity index (χ2n) is 2.52. The minimum atomic E-state index is 0.755. The van der Waals surface area contributed by atoms with Crippen LogP contribution in [0.15, 0.2) is 30.3 Å². The van der Waals surface area contributed by atoms with E-state index in [0.717, 1.165) is 11.5 Å². The summed E-state index contributed by atoms with van der Waals surface area (Å²) in [6.07, 6.45) is 0. The van der Waals surface area contributed by atoms with Gasteiger partial charge in [-0.3, -0.25) is 0 Å². The summed E-state index contributed by atoms with van der Waals surface area (Å²) in [7, 11) is 0. The molecule has 0 saturated carbocycles. The summed E-state index contributed by atoms with van der Waals surface area (Å²) in [6.45, 7) is 2.63. The molecule has 1 aromatic rings. The maximum Gasteiger partial charge on any atom is 0.0863 e. The van der Waals surface area contributed by atoms with Crippen LogP contribution >= 0.6 is 12.2 Å². The van der Waals surface area contributed by atoms with E-state index in [0.29, 0.717) is 0 Å². The van der Waals surface area contributed by atoms with E-state index in [1.54, 1.807) is 0 Å². The molecule has 2 nitrogen and oxygen atoms in total. The Kier molecular flexibility index (Phi) is 3.70. The first-order valence-electron chi connectivity index (χ1n) is 3.82. The summed E-state index contributed by atoms with van der Waals surface area (Å²) in [5, 5.41) is 0. The van der Waals surface area contributed by atoms with E-state index in [1.165, 1.54) is 5.56 Å². The number of nitrogens with one attached hydrogen (secondary N) is 2. The molecule has 3 heteroatoms. The van der Waals surface area contributed by atoms with Gasteiger partial charge in [0.2, 0.25) is 0 Å². The standard InChI is InChI=1S/C9H12N2S/c1-8(12)11-10-7-9-5-3-2-4-6-9/h2-6,10H,7H2,1H3,(H,11,12). The van der Waals surface area contributed by atoms with Crippen LogP contribution in [0.2, 0.25) is 0 Å². The Morgan fingerprint density at radius 2 is 2.00 bits per heavy atom. The first-order valence-corrected chi connectivity index (χ1v) is 4.23. The van der Waals surface area contributed by atoms with Gasteiger partial charge in [0, 0.05) is 6.54 Å². The van der Waals surface area contributed by atoms with Crippen LogP contribution in [0.5, 0.6) is 0 Å². The topological polar surface area (TPSA) is 24.1 Å². The van der Waals surface area contributed by atoms with Crippen molar-refractivity contribution in [1.82, 2.24) is 10.9 Å². The fourth-order valence-corrected chi connectivity index (χ4v) is 0.939. The Bertz CT molecular complexity index is 246. The molecule has 0 aliphatic heterocycles. The molecule has 1 rings (SSSR count). The number of hydrogen-bond donors (Lipinski definition) is 2. The van der Waals surface area contributed by atoms with Crippen LogP contribution in [0, 0.1) is 0 Å². The van der Waals surface area contributed by atoms with Crippen molar-refractivity contribution in [1.29, 1.82) is 0 Å². The zero-order chi connectivity index (χ0) is 8.81. The maximum atomic E-state index is 4.84. The van der Waals surface area contributed by atoms with Crippen LogP contribution in [0.25, 0.3) is 0 Å². The van der Waals surface area contributed by atoms with E-state index in [2.05, 4.69) is 23.0 Å². The molecule has 1 aromatic carbocycles. The van der Waals surface area contributed by atoms with Crippen LogP contribution in [0.1, 0.15) is 12.5 Å². The molecule has 12 heavy (non-hydrogen) atoms. The van der Waals surface area contributed by atoms with Crippen molar-refractivity contribution in [3.8, 4) is 0 Å². The molecular weight excluding hydrogens is 168 g/mol. The molecule has 2 N–H and O–H groups in total. The molecule has 0 aromatic heterocycles. The molecule has 0 spiro atoms. The molecule has 0 saturated heterocycles. The van der Waals surface area contributed by atoms with Crippen LogP contribution in [0.3, 0.4) is 0 Å². The summed E-state index contributed by atoms with van der Waals surface area (Å²) >= 11 is 4.84. The quantitative estimate of drug-likeness (QED) is 0.546. The van der Waals surface area contributed by atoms with Gasteiger partial charge in [-0.2, -0.15) is 0 Å². The molecule has 0 heterocycles. The van der Waals surface area contributed by atoms with Crippen LogP contribution < -0.4 is 10.9 Å². The molecule has 0 aliphatic carbocycles. The van der Waals surface area contributed by atoms with E-state index < -0.39 is 0 Å². The first kappa shape index (κ1) is 9.16. The molecule has 0 atom stereocenters. The molecule has 0 bridgehead atoms. The zero-order valence-electron chi connectivity index (χ0n) is 7.00. The van der Waals surface area contributed by atoms with Crippen LogP contribution in [-0.2, 0) is 6.54 Å². The molecule has 64 valence electrons. The third-order valence-electron chi connectivity index (χ3n) is 1.40. The summed E-state index contributed by atoms with van der Waals surface area (Å²) < 4.78 is 0. The minimum absolute atomic E-state index is 0.755. The van der Waals surface area contributed by atoms with E-state index >= 15 is 0 Å². The number of hydrazine groups is 1. The van der Waals surface area contributed by atoms with Gasteiger partial charge in [-0.1, -0.05) is 42.5 Å². The Morgan fingerprint density at radius 3 is 2.58 bits per heavy atom. The van der Waals surface area contributed by atoms with Crippen molar-refractivity contribution < 1.29 is 0 Å². The minimum Gasteiger partial charge on any atom is -0.315 e. The third-order valence-corrected chi connectivity index (χ3v) is 1.50. The van der Waals surface area contributed by atoms with Crippen molar-refractivity contribution in [3.63, 3.8) is 0 Å². The smallest absolute Gasteiger partial charge is 0.0863 e. The fourth-order valence-electron chi connectivity index (χ4n) is 0.867. The second-order valence-corrected chi connectivity index (χ2v) is 3.13. The predicted octanol–water partition coefficient (Wildman–Crippen LogP) is 1.63. The lowest BCUT2D eigenvalue weighted by Crippen LogP contribution is -2.33. The lowest BCUT2D eigenvalue weighted by molar-refractivity contribution is 0.657. The van der Waals surface area contributed by atoms with Gasteiger partial charge in [0.05, 0.1) is 4.99 Å². The van der Waals surface area contributed by atoms with Gasteiger partial charge < -0.3 is 5.43 Å². The number of rotatable bonds is 3. The Morgan fingerprint density at radius 1 is 1.33 bits per heavy atom. The van der Waals surface area contributed by atoms with Crippen LogP contribution in [0.4, 0.5) is 0 Å². The van der Waals surface area contributed by atoms with Crippen molar-refractivity contribution >= 4 is 17.2 Å². The average Bonchev–Trinajstić information content (AvgIpc) is 2.05. The van der Waals surface area contributed by atoms with E-state index in [9.17, 15) is 0 Å². The van der Waals surface area contributed by atoms with Crippen molar-refractivity contribution in [3.05, 3.63) is 35.9 Å². The van der Waals surface area contributed by atoms with E-state index in [4.69, 9.17) is 12.2 Å². The lowest BCUT2D eigenvalue weighted by atomic mass is 10.2. The highest BCUT2D eigenvalue weighted by molar-refractivity contribution is 7.80. The maximum absolute atomic E-state index is 4.84. The van der Waals surface area contributed by atoms with E-state index in [1.807, 2.05) is 25.1 Å². The van der Waals surface area contributed by atoms with Gasteiger partial charge in [-0.25, -0.2) is 5.43 Å². The van der Waals surface area contributed by atoms with E-state index in [-0.39, 0.29) is 0 Å². The Balaban J connectivity index is 2.29. The molecular formula is C9H12N2S. The highest BCUT2D eigenvalue weighted by atomic mass is 32.1. The van der Waals surface area contributed by atoms with Gasteiger partial charge in [-0.05, 0) is 12.5 Å². The Labute approximate surface area is 78.0 Å². The van der Waals surface area contributed by atoms with Crippen LogP contribution in [-0.4, -0.2) is 4.99 Å². The normalized spacial score (nSPS) is 9.42. The van der Waals surface area contributed by atoms with Crippen molar-refractivity contribution in [2.24, 2.45) is 0 Å². The zero-order valence-corrected chi connectivity index (χ0v) is 7.82. The van der Waals surface area contributed by atoms with Gasteiger partial charge in [0.15, 0.2) is 0 Å². The third kappa shape index (κ3) is 3.46. The van der Waals surface area contributed by atoms with Gasteiger partial charge >= 0.3 is 0 Å². The average molecular weight is 180 g/mol. The molecule has 0 radical (unpaired) electrons. The summed E-state index contributed by atoms with van der Waals surface area (Å²) in [5.41, 5.74) is 7.12. The molecule has 0 amide bonds. The first-order chi connectivity index (χ1) is 5.79. The number of benzene rings is 1. The second kappa shape index (κ2) is 4.85. The predicted molar refractivity (Wildman–Crippen MR) is 54.7 cm³/mol. The Hall–Kier alpha value is -0.930. The van der Waals surface area contributed by atoms with Crippen molar-refractivity contribution in [2.45, 2.75) is 13.5 Å². The lowest BCUT2D eigenvalue weighted by Gasteiger charge is -2.05. The van der Waals surface area contributed by atoms with Gasteiger partial charge in [-0.15, -0.1) is 0 Å². The van der Waals surface area contributed by atoms with Crippen molar-refractivity contribution in [2.75, 3.05) is 0 Å². The highest BCUT2D eigenvalue weighted by Gasteiger charge is 1.88. The molecule has 0 unspecified atom stereocenters. The number of hydrogen-bond acceptors (Lipinski definition) is 2. The van der Waals surface area contributed by atoms with Gasteiger partial charge in [0.25, 0.3) is 0 Å². The number of thiocarbonyl (C=S) groups is 1. The summed E-state index contributed by atoms with van der Waals surface area (Å²) in [5.74, 6) is 0. The largest absolute Gasteiger partial charge is 0.315 e. The fraction of sp³-hybridized carbons (Fsp3) is 0.222. The summed E-state index contributed by atoms with van der Waals surface area (Å²) in [4.78, 5) is 0.755.